The highest BCUT2D eigenvalue weighted by Gasteiger charge is 2.29. The summed E-state index contributed by atoms with van der Waals surface area (Å²) in [5.74, 6) is 0.265. The first-order valence-corrected chi connectivity index (χ1v) is 6.61. The molecule has 6 heteroatoms. The molecule has 0 saturated heterocycles. The minimum atomic E-state index is -1.28. The fraction of sp³-hybridized carbons (Fsp3) is 0.154. The van der Waals surface area contributed by atoms with Gasteiger partial charge in [0.1, 0.15) is 11.6 Å². The Kier molecular flexibility index (Phi) is 3.04. The highest BCUT2D eigenvalue weighted by atomic mass is 32.2. The first kappa shape index (κ1) is 12.3. The second-order valence-corrected chi connectivity index (χ2v) is 5.15. The van der Waals surface area contributed by atoms with E-state index in [1.54, 1.807) is 12.3 Å². The van der Waals surface area contributed by atoms with Crippen LogP contribution in [0.4, 0.5) is 10.1 Å². The molecule has 1 aromatic heterocycles. The number of thioether (sulfide) groups is 1. The van der Waals surface area contributed by atoms with Gasteiger partial charge in [0.2, 0.25) is 0 Å². The lowest BCUT2D eigenvalue weighted by atomic mass is 10.1. The largest absolute Gasteiger partial charge is 0.468 e. The number of amides is 1. The Balaban J connectivity index is 1.84. The molecular weight excluding hydrogens is 269 g/mol. The summed E-state index contributed by atoms with van der Waals surface area (Å²) in [5, 5.41) is 12.1. The number of furan rings is 1. The summed E-state index contributed by atoms with van der Waals surface area (Å²) < 4.78 is 19.0. The average molecular weight is 279 g/mol. The normalized spacial score (nSPS) is 17.4. The van der Waals surface area contributed by atoms with E-state index in [-0.39, 0.29) is 5.56 Å². The van der Waals surface area contributed by atoms with Crippen molar-refractivity contribution in [3.8, 4) is 0 Å². The number of hydrogen-bond acceptors (Lipinski definition) is 4. The van der Waals surface area contributed by atoms with E-state index in [9.17, 15) is 14.3 Å². The molecule has 0 bridgehead atoms. The van der Waals surface area contributed by atoms with Crippen LogP contribution >= 0.6 is 11.8 Å². The van der Waals surface area contributed by atoms with Crippen molar-refractivity contribution in [3.63, 3.8) is 0 Å². The van der Waals surface area contributed by atoms with Crippen LogP contribution in [0.5, 0.6) is 0 Å². The van der Waals surface area contributed by atoms with Crippen molar-refractivity contribution >= 4 is 23.4 Å². The number of nitrogens with one attached hydrogen (secondary N) is 1. The maximum atomic E-state index is 13.9. The summed E-state index contributed by atoms with van der Waals surface area (Å²) in [4.78, 5) is 11.7. The molecule has 19 heavy (non-hydrogen) atoms. The van der Waals surface area contributed by atoms with E-state index in [0.717, 1.165) is 5.76 Å². The zero-order chi connectivity index (χ0) is 13.4. The van der Waals surface area contributed by atoms with Gasteiger partial charge >= 0.3 is 0 Å². The number of hydrogen-bond donors (Lipinski definition) is 2. The van der Waals surface area contributed by atoms with Crippen LogP contribution < -0.4 is 5.32 Å². The summed E-state index contributed by atoms with van der Waals surface area (Å²) in [6.07, 6.45) is 0.277. The summed E-state index contributed by atoms with van der Waals surface area (Å²) in [7, 11) is 0. The molecular formula is C13H10FNO3S. The smallest absolute Gasteiger partial charge is 0.257 e. The minimum absolute atomic E-state index is 0.282. The lowest BCUT2D eigenvalue weighted by Crippen LogP contribution is -2.10. The fourth-order valence-electron chi connectivity index (χ4n) is 1.90. The number of rotatable bonds is 3. The second kappa shape index (κ2) is 4.71. The van der Waals surface area contributed by atoms with Gasteiger partial charge in [-0.2, -0.15) is 0 Å². The number of anilines is 1. The molecule has 1 aliphatic heterocycles. The standard InChI is InChI=1S/C13H10FNO3S/c14-9-4-8-10(15-13(17)12(8)16)5-11(9)19-6-7-2-1-3-18-7/h1-5,12,16H,6H2,(H,15,17). The van der Waals surface area contributed by atoms with Gasteiger partial charge in [-0.15, -0.1) is 11.8 Å². The highest BCUT2D eigenvalue weighted by molar-refractivity contribution is 7.98. The molecule has 0 saturated carbocycles. The van der Waals surface area contributed by atoms with E-state index in [2.05, 4.69) is 5.32 Å². The molecule has 0 fully saturated rings. The summed E-state index contributed by atoms with van der Waals surface area (Å²) >= 11 is 1.27. The molecule has 2 aromatic rings. The number of fused-ring (bicyclic) bond motifs is 1. The van der Waals surface area contributed by atoms with Gasteiger partial charge < -0.3 is 14.8 Å². The van der Waals surface area contributed by atoms with Crippen LogP contribution in [0.15, 0.2) is 39.8 Å². The Hall–Kier alpha value is -1.79. The van der Waals surface area contributed by atoms with E-state index in [1.807, 2.05) is 6.07 Å². The molecule has 2 heterocycles. The Morgan fingerprint density at radius 1 is 1.47 bits per heavy atom. The van der Waals surface area contributed by atoms with Gasteiger partial charge in [0.05, 0.1) is 12.0 Å². The Bertz CT molecular complexity index is 627. The van der Waals surface area contributed by atoms with E-state index in [4.69, 9.17) is 4.42 Å². The predicted molar refractivity (Wildman–Crippen MR) is 68.3 cm³/mol. The molecule has 1 unspecified atom stereocenters. The summed E-state index contributed by atoms with van der Waals surface area (Å²) in [5.41, 5.74) is 0.741. The molecule has 0 radical (unpaired) electrons. The molecule has 4 nitrogen and oxygen atoms in total. The molecule has 1 aliphatic rings. The van der Waals surface area contributed by atoms with Crippen LogP contribution in [0.3, 0.4) is 0 Å². The Morgan fingerprint density at radius 2 is 2.32 bits per heavy atom. The first-order chi connectivity index (χ1) is 9.15. The molecule has 1 aromatic carbocycles. The lowest BCUT2D eigenvalue weighted by molar-refractivity contribution is -0.123. The quantitative estimate of drug-likeness (QED) is 0.848. The Morgan fingerprint density at radius 3 is 3.05 bits per heavy atom. The van der Waals surface area contributed by atoms with Crippen molar-refractivity contribution in [2.75, 3.05) is 5.32 Å². The number of carbonyl (C=O) groups excluding carboxylic acids is 1. The van der Waals surface area contributed by atoms with E-state index < -0.39 is 17.8 Å². The van der Waals surface area contributed by atoms with Gasteiger partial charge in [-0.1, -0.05) is 0 Å². The SMILES string of the molecule is O=C1Nc2cc(SCc3ccco3)c(F)cc2C1O. The van der Waals surface area contributed by atoms with Crippen molar-refractivity contribution < 1.29 is 18.7 Å². The van der Waals surface area contributed by atoms with Crippen molar-refractivity contribution in [1.29, 1.82) is 0 Å². The first-order valence-electron chi connectivity index (χ1n) is 5.62. The van der Waals surface area contributed by atoms with Gasteiger partial charge in [0.25, 0.3) is 5.91 Å². The van der Waals surface area contributed by atoms with Crippen LogP contribution in [-0.2, 0) is 10.5 Å². The lowest BCUT2D eigenvalue weighted by Gasteiger charge is -2.06. The van der Waals surface area contributed by atoms with Crippen LogP contribution in [0.1, 0.15) is 17.4 Å². The maximum absolute atomic E-state index is 13.9. The van der Waals surface area contributed by atoms with Crippen LogP contribution in [0.2, 0.25) is 0 Å². The van der Waals surface area contributed by atoms with Crippen LogP contribution in [-0.4, -0.2) is 11.0 Å². The molecule has 3 rings (SSSR count). The second-order valence-electron chi connectivity index (χ2n) is 4.13. The third-order valence-electron chi connectivity index (χ3n) is 2.85. The van der Waals surface area contributed by atoms with Crippen LogP contribution in [0.25, 0.3) is 0 Å². The average Bonchev–Trinajstić information content (AvgIpc) is 2.98. The predicted octanol–water partition coefficient (Wildman–Crippen LogP) is 2.70. The minimum Gasteiger partial charge on any atom is -0.468 e. The zero-order valence-electron chi connectivity index (χ0n) is 9.72. The van der Waals surface area contributed by atoms with Crippen molar-refractivity contribution in [2.24, 2.45) is 0 Å². The summed E-state index contributed by atoms with van der Waals surface area (Å²) in [6, 6.07) is 6.31. The summed E-state index contributed by atoms with van der Waals surface area (Å²) in [6.45, 7) is 0. The highest BCUT2D eigenvalue weighted by Crippen LogP contribution is 2.36. The van der Waals surface area contributed by atoms with Gasteiger partial charge in [0, 0.05) is 16.1 Å². The zero-order valence-corrected chi connectivity index (χ0v) is 10.5. The van der Waals surface area contributed by atoms with E-state index in [1.165, 1.54) is 23.9 Å². The maximum Gasteiger partial charge on any atom is 0.257 e. The van der Waals surface area contributed by atoms with E-state index >= 15 is 0 Å². The van der Waals surface area contributed by atoms with Gasteiger partial charge in [-0.25, -0.2) is 4.39 Å². The molecule has 98 valence electrons. The Labute approximate surface area is 112 Å². The number of halogens is 1. The van der Waals surface area contributed by atoms with Crippen molar-refractivity contribution in [2.45, 2.75) is 16.8 Å². The molecule has 1 atom stereocenters. The molecule has 2 N–H and O–H groups in total. The number of benzene rings is 1. The molecule has 0 aliphatic carbocycles. The number of aliphatic hydroxyl groups is 1. The van der Waals surface area contributed by atoms with E-state index in [0.29, 0.717) is 16.3 Å². The number of carbonyl (C=O) groups is 1. The molecule has 1 amide bonds. The topological polar surface area (TPSA) is 62.5 Å². The number of aliphatic hydroxyl groups excluding tert-OH is 1. The molecule has 0 spiro atoms. The van der Waals surface area contributed by atoms with Crippen molar-refractivity contribution in [1.82, 2.24) is 0 Å². The third-order valence-corrected chi connectivity index (χ3v) is 3.91. The van der Waals surface area contributed by atoms with Gasteiger partial charge in [0.15, 0.2) is 6.10 Å². The van der Waals surface area contributed by atoms with Crippen molar-refractivity contribution in [3.05, 3.63) is 47.7 Å². The monoisotopic (exact) mass is 279 g/mol. The van der Waals surface area contributed by atoms with Gasteiger partial charge in [-0.3, -0.25) is 4.79 Å². The van der Waals surface area contributed by atoms with Gasteiger partial charge in [-0.05, 0) is 24.3 Å². The third kappa shape index (κ3) is 2.24. The van der Waals surface area contributed by atoms with Crippen LogP contribution in [0, 0.1) is 5.82 Å². The fourth-order valence-corrected chi connectivity index (χ4v) is 2.76.